The first-order valence-corrected chi connectivity index (χ1v) is 13.9. The highest BCUT2D eigenvalue weighted by molar-refractivity contribution is 5.76. The fourth-order valence-electron chi connectivity index (χ4n) is 4.88. The summed E-state index contributed by atoms with van der Waals surface area (Å²) in [4.78, 5) is 24.0. The van der Waals surface area contributed by atoms with Crippen LogP contribution < -0.4 is 0 Å². The molecule has 0 bridgehead atoms. The van der Waals surface area contributed by atoms with Crippen LogP contribution in [0.15, 0.2) is 146 Å². The van der Waals surface area contributed by atoms with Gasteiger partial charge in [0.1, 0.15) is 5.82 Å². The Hall–Kier alpha value is -5.88. The normalized spacial score (nSPS) is 10.9. The van der Waals surface area contributed by atoms with Gasteiger partial charge in [-0.05, 0) is 65.7 Å². The summed E-state index contributed by atoms with van der Waals surface area (Å²) in [6, 6.07) is 42.1. The maximum absolute atomic E-state index is 13.7. The second-order valence-corrected chi connectivity index (χ2v) is 9.97. The van der Waals surface area contributed by atoms with Gasteiger partial charge in [0.2, 0.25) is 0 Å². The number of hydrogen-bond acceptors (Lipinski definition) is 5. The first-order chi connectivity index (χ1) is 21.2. The molecule has 0 spiro atoms. The number of nitrogens with zero attached hydrogens (tertiary/aromatic N) is 5. The van der Waals surface area contributed by atoms with Crippen LogP contribution in [0.1, 0.15) is 0 Å². The molecule has 4 aromatic heterocycles. The maximum atomic E-state index is 13.7. The van der Waals surface area contributed by atoms with E-state index in [1.165, 1.54) is 12.1 Å². The van der Waals surface area contributed by atoms with Crippen molar-refractivity contribution < 1.29 is 4.39 Å². The Morgan fingerprint density at radius 1 is 0.372 bits per heavy atom. The molecule has 43 heavy (non-hydrogen) atoms. The smallest absolute Gasteiger partial charge is 0.161 e. The Balaban J connectivity index is 1.31. The lowest BCUT2D eigenvalue weighted by molar-refractivity contribution is 0.628. The van der Waals surface area contributed by atoms with Crippen molar-refractivity contribution in [3.05, 3.63) is 152 Å². The van der Waals surface area contributed by atoms with Gasteiger partial charge in [-0.2, -0.15) is 0 Å². The van der Waals surface area contributed by atoms with E-state index < -0.39 is 0 Å². The standard InChI is InChI=1S/C37H24FN5/c38-30-17-14-25(15-18-30)29-21-35(31-13-7-8-20-39-31)41-36(22-29)32-19-16-28(24-40-32)37-42-33(26-9-3-1-4-10-26)23-34(43-37)27-11-5-2-6-12-27/h1-24H. The van der Waals surface area contributed by atoms with E-state index in [-0.39, 0.29) is 5.82 Å². The average Bonchev–Trinajstić information content (AvgIpc) is 3.09. The molecule has 204 valence electrons. The fourth-order valence-corrected chi connectivity index (χ4v) is 4.88. The molecule has 0 unspecified atom stereocenters. The van der Waals surface area contributed by atoms with Crippen LogP contribution in [0.3, 0.4) is 0 Å². The number of hydrogen-bond donors (Lipinski definition) is 0. The molecule has 5 nitrogen and oxygen atoms in total. The van der Waals surface area contributed by atoms with Crippen molar-refractivity contribution in [3.63, 3.8) is 0 Å². The van der Waals surface area contributed by atoms with Crippen molar-refractivity contribution in [3.8, 4) is 67.8 Å². The lowest BCUT2D eigenvalue weighted by Gasteiger charge is -2.11. The lowest BCUT2D eigenvalue weighted by Crippen LogP contribution is -1.97. The molecule has 0 N–H and O–H groups in total. The van der Waals surface area contributed by atoms with E-state index in [1.807, 2.05) is 109 Å². The maximum Gasteiger partial charge on any atom is 0.161 e. The highest BCUT2D eigenvalue weighted by Crippen LogP contribution is 2.31. The van der Waals surface area contributed by atoms with Crippen LogP contribution in [0.5, 0.6) is 0 Å². The number of pyridine rings is 3. The molecule has 0 fully saturated rings. The van der Waals surface area contributed by atoms with E-state index in [2.05, 4.69) is 4.98 Å². The molecule has 0 atom stereocenters. The molecule has 7 rings (SSSR count). The highest BCUT2D eigenvalue weighted by Gasteiger charge is 2.14. The molecule has 0 saturated heterocycles. The third-order valence-corrected chi connectivity index (χ3v) is 7.08. The van der Waals surface area contributed by atoms with Gasteiger partial charge in [-0.15, -0.1) is 0 Å². The summed E-state index contributed by atoms with van der Waals surface area (Å²) in [6.45, 7) is 0. The van der Waals surface area contributed by atoms with Gasteiger partial charge in [0, 0.05) is 29.1 Å². The van der Waals surface area contributed by atoms with Crippen LogP contribution in [-0.4, -0.2) is 24.9 Å². The molecule has 7 aromatic rings. The quantitative estimate of drug-likeness (QED) is 0.204. The largest absolute Gasteiger partial charge is 0.255 e. The van der Waals surface area contributed by atoms with Crippen LogP contribution in [0.4, 0.5) is 4.39 Å². The first kappa shape index (κ1) is 26.0. The van der Waals surface area contributed by atoms with Crippen LogP contribution >= 0.6 is 0 Å². The van der Waals surface area contributed by atoms with Crippen LogP contribution in [0.2, 0.25) is 0 Å². The zero-order valence-corrected chi connectivity index (χ0v) is 23.0. The van der Waals surface area contributed by atoms with E-state index in [0.29, 0.717) is 22.9 Å². The van der Waals surface area contributed by atoms with Gasteiger partial charge in [-0.25, -0.2) is 19.3 Å². The Morgan fingerprint density at radius 2 is 0.953 bits per heavy atom. The van der Waals surface area contributed by atoms with E-state index in [1.54, 1.807) is 24.5 Å². The molecule has 0 radical (unpaired) electrons. The molecule has 4 heterocycles. The van der Waals surface area contributed by atoms with Gasteiger partial charge >= 0.3 is 0 Å². The number of benzene rings is 3. The summed E-state index contributed by atoms with van der Waals surface area (Å²) >= 11 is 0. The topological polar surface area (TPSA) is 64.5 Å². The molecule has 0 saturated carbocycles. The molecular weight excluding hydrogens is 533 g/mol. The van der Waals surface area contributed by atoms with Gasteiger partial charge < -0.3 is 0 Å². The minimum Gasteiger partial charge on any atom is -0.255 e. The lowest BCUT2D eigenvalue weighted by atomic mass is 10.0. The van der Waals surface area contributed by atoms with Crippen LogP contribution in [0, 0.1) is 5.82 Å². The molecule has 0 aliphatic carbocycles. The molecule has 0 aliphatic heterocycles. The van der Waals surface area contributed by atoms with Crippen LogP contribution in [-0.2, 0) is 0 Å². The minimum atomic E-state index is -0.283. The summed E-state index contributed by atoms with van der Waals surface area (Å²) in [7, 11) is 0. The molecule has 6 heteroatoms. The summed E-state index contributed by atoms with van der Waals surface area (Å²) < 4.78 is 13.7. The Labute approximate surface area is 248 Å². The van der Waals surface area contributed by atoms with E-state index in [0.717, 1.165) is 44.9 Å². The number of rotatable bonds is 6. The predicted octanol–water partition coefficient (Wildman–Crippen LogP) is 8.80. The summed E-state index contributed by atoms with van der Waals surface area (Å²) in [6.07, 6.45) is 3.52. The Morgan fingerprint density at radius 3 is 1.51 bits per heavy atom. The molecular formula is C37H24FN5. The third kappa shape index (κ3) is 5.67. The van der Waals surface area contributed by atoms with Crippen molar-refractivity contribution in [1.29, 1.82) is 0 Å². The number of aromatic nitrogens is 5. The highest BCUT2D eigenvalue weighted by atomic mass is 19.1. The van der Waals surface area contributed by atoms with E-state index in [4.69, 9.17) is 19.9 Å². The van der Waals surface area contributed by atoms with Crippen molar-refractivity contribution in [2.45, 2.75) is 0 Å². The van der Waals surface area contributed by atoms with E-state index >= 15 is 0 Å². The Kier molecular flexibility index (Phi) is 6.99. The predicted molar refractivity (Wildman–Crippen MR) is 168 cm³/mol. The fraction of sp³-hybridized carbons (Fsp3) is 0. The monoisotopic (exact) mass is 557 g/mol. The summed E-state index contributed by atoms with van der Waals surface area (Å²) in [5.41, 5.74) is 9.06. The van der Waals surface area contributed by atoms with Crippen molar-refractivity contribution in [2.24, 2.45) is 0 Å². The second kappa shape index (κ2) is 11.5. The SMILES string of the molecule is Fc1ccc(-c2cc(-c3ccccn3)nc(-c3ccc(-c4nc(-c5ccccc5)cc(-c5ccccc5)n4)cn3)c2)cc1. The zero-order chi connectivity index (χ0) is 29.0. The molecule has 0 amide bonds. The Bertz CT molecular complexity index is 1940. The average molecular weight is 558 g/mol. The number of halogens is 1. The molecule has 0 aliphatic rings. The van der Waals surface area contributed by atoms with Crippen molar-refractivity contribution >= 4 is 0 Å². The zero-order valence-electron chi connectivity index (χ0n) is 23.0. The first-order valence-electron chi connectivity index (χ1n) is 13.9. The van der Waals surface area contributed by atoms with Crippen molar-refractivity contribution in [1.82, 2.24) is 24.9 Å². The summed E-state index contributed by atoms with van der Waals surface area (Å²) in [5.74, 6) is 0.302. The molecule has 3 aromatic carbocycles. The van der Waals surface area contributed by atoms with Gasteiger partial charge in [0.15, 0.2) is 5.82 Å². The minimum absolute atomic E-state index is 0.283. The second-order valence-electron chi connectivity index (χ2n) is 9.97. The summed E-state index contributed by atoms with van der Waals surface area (Å²) in [5, 5.41) is 0. The third-order valence-electron chi connectivity index (χ3n) is 7.08. The van der Waals surface area contributed by atoms with Gasteiger partial charge in [0.25, 0.3) is 0 Å². The van der Waals surface area contributed by atoms with Crippen LogP contribution in [0.25, 0.3) is 67.8 Å². The van der Waals surface area contributed by atoms with E-state index in [9.17, 15) is 4.39 Å². The van der Waals surface area contributed by atoms with Gasteiger partial charge in [-0.3, -0.25) is 9.97 Å². The van der Waals surface area contributed by atoms with Gasteiger partial charge in [-0.1, -0.05) is 78.9 Å². The van der Waals surface area contributed by atoms with Crippen molar-refractivity contribution in [2.75, 3.05) is 0 Å². The van der Waals surface area contributed by atoms with Gasteiger partial charge in [0.05, 0.1) is 34.2 Å².